The first kappa shape index (κ1) is 22.5. The summed E-state index contributed by atoms with van der Waals surface area (Å²) >= 11 is 3.36. The summed E-state index contributed by atoms with van der Waals surface area (Å²) in [5, 5.41) is 3.93. The largest absolute Gasteiger partial charge is 0.495 e. The molecule has 160 valence electrons. The van der Waals surface area contributed by atoms with Crippen molar-refractivity contribution in [1.82, 2.24) is 5.43 Å². The smallest absolute Gasteiger partial charge is 0.264 e. The topological polar surface area (TPSA) is 88.1 Å². The highest BCUT2D eigenvalue weighted by atomic mass is 79.9. The number of methoxy groups -OCH3 is 1. The van der Waals surface area contributed by atoms with Crippen LogP contribution in [-0.4, -0.2) is 34.2 Å². The molecule has 3 aromatic carbocycles. The lowest BCUT2D eigenvalue weighted by Gasteiger charge is -2.25. The zero-order valence-corrected chi connectivity index (χ0v) is 19.0. The molecule has 0 spiro atoms. The van der Waals surface area contributed by atoms with Crippen LogP contribution in [0.25, 0.3) is 0 Å². The fourth-order valence-corrected chi connectivity index (χ4v) is 4.66. The third kappa shape index (κ3) is 5.71. The second-order valence-electron chi connectivity index (χ2n) is 6.34. The molecule has 0 aliphatic rings. The van der Waals surface area contributed by atoms with E-state index in [9.17, 15) is 13.2 Å². The van der Waals surface area contributed by atoms with Crippen molar-refractivity contribution in [3.05, 3.63) is 88.9 Å². The Hall–Kier alpha value is -3.17. The molecule has 3 aromatic rings. The summed E-state index contributed by atoms with van der Waals surface area (Å²) in [7, 11) is -2.59. The van der Waals surface area contributed by atoms with Gasteiger partial charge in [0.1, 0.15) is 12.3 Å². The highest BCUT2D eigenvalue weighted by Crippen LogP contribution is 2.31. The number of carbonyl (C=O) groups is 1. The van der Waals surface area contributed by atoms with Gasteiger partial charge >= 0.3 is 0 Å². The van der Waals surface area contributed by atoms with E-state index < -0.39 is 22.5 Å². The second-order valence-corrected chi connectivity index (χ2v) is 9.12. The van der Waals surface area contributed by atoms with Gasteiger partial charge < -0.3 is 4.74 Å². The molecule has 0 bridgehead atoms. The van der Waals surface area contributed by atoms with Gasteiger partial charge in [-0.2, -0.15) is 5.10 Å². The van der Waals surface area contributed by atoms with Crippen LogP contribution >= 0.6 is 15.9 Å². The summed E-state index contributed by atoms with van der Waals surface area (Å²) in [6, 6.07) is 21.9. The number of nitrogens with zero attached hydrogens (tertiary/aromatic N) is 2. The lowest BCUT2D eigenvalue weighted by molar-refractivity contribution is -0.119. The number of hydrogen-bond acceptors (Lipinski definition) is 5. The Morgan fingerprint density at radius 3 is 2.48 bits per heavy atom. The molecule has 31 heavy (non-hydrogen) atoms. The van der Waals surface area contributed by atoms with E-state index in [0.717, 1.165) is 14.3 Å². The van der Waals surface area contributed by atoms with Crippen molar-refractivity contribution in [1.29, 1.82) is 0 Å². The molecule has 0 fully saturated rings. The molecule has 0 aliphatic heterocycles. The van der Waals surface area contributed by atoms with Crippen LogP contribution in [0, 0.1) is 0 Å². The van der Waals surface area contributed by atoms with Gasteiger partial charge in [-0.25, -0.2) is 13.8 Å². The maximum absolute atomic E-state index is 13.3. The van der Waals surface area contributed by atoms with Crippen LogP contribution in [0.1, 0.15) is 5.56 Å². The van der Waals surface area contributed by atoms with Gasteiger partial charge in [0.2, 0.25) is 0 Å². The van der Waals surface area contributed by atoms with Crippen LogP contribution in [0.4, 0.5) is 5.69 Å². The van der Waals surface area contributed by atoms with E-state index in [1.54, 1.807) is 42.5 Å². The molecule has 1 amide bonds. The predicted molar refractivity (Wildman–Crippen MR) is 124 cm³/mol. The van der Waals surface area contributed by atoms with E-state index in [1.165, 1.54) is 25.5 Å². The average molecular weight is 502 g/mol. The number of ether oxygens (including phenoxy) is 1. The number of amides is 1. The summed E-state index contributed by atoms with van der Waals surface area (Å²) in [5.74, 6) is -0.274. The summed E-state index contributed by atoms with van der Waals surface area (Å²) in [5.41, 5.74) is 3.40. The van der Waals surface area contributed by atoms with Crippen LogP contribution in [0.2, 0.25) is 0 Å². The van der Waals surface area contributed by atoms with Gasteiger partial charge in [0.25, 0.3) is 15.9 Å². The van der Waals surface area contributed by atoms with Crippen LogP contribution in [0.3, 0.4) is 0 Å². The van der Waals surface area contributed by atoms with E-state index in [1.807, 2.05) is 24.3 Å². The standard InChI is InChI=1S/C22H20BrN3O4S/c1-30-21-13-6-5-12-20(21)26(31(28,29)19-10-3-2-4-11-19)16-22(27)25-24-15-17-8-7-9-18(23)14-17/h2-15H,16H2,1H3,(H,25,27)/b24-15-. The zero-order chi connectivity index (χ0) is 22.3. The van der Waals surface area contributed by atoms with Crippen molar-refractivity contribution in [2.24, 2.45) is 5.10 Å². The Balaban J connectivity index is 1.87. The number of para-hydroxylation sites is 2. The van der Waals surface area contributed by atoms with Crippen LogP contribution in [-0.2, 0) is 14.8 Å². The van der Waals surface area contributed by atoms with E-state index in [2.05, 4.69) is 26.5 Å². The maximum atomic E-state index is 13.3. The Kier molecular flexibility index (Phi) is 7.43. The molecule has 9 heteroatoms. The fraction of sp³-hybridized carbons (Fsp3) is 0.0909. The minimum absolute atomic E-state index is 0.0614. The van der Waals surface area contributed by atoms with Gasteiger partial charge in [-0.05, 0) is 42.0 Å². The first-order valence-corrected chi connectivity index (χ1v) is 11.4. The quantitative estimate of drug-likeness (QED) is 0.375. The van der Waals surface area contributed by atoms with Gasteiger partial charge in [0.15, 0.2) is 0 Å². The van der Waals surface area contributed by atoms with Gasteiger partial charge in [0, 0.05) is 4.47 Å². The van der Waals surface area contributed by atoms with E-state index in [-0.39, 0.29) is 10.6 Å². The number of benzene rings is 3. The van der Waals surface area contributed by atoms with Crippen molar-refractivity contribution < 1.29 is 17.9 Å². The molecule has 0 radical (unpaired) electrons. The molecule has 0 aliphatic carbocycles. The summed E-state index contributed by atoms with van der Waals surface area (Å²) in [6.45, 7) is -0.479. The van der Waals surface area contributed by atoms with Crippen LogP contribution < -0.4 is 14.5 Å². The molecule has 0 heterocycles. The van der Waals surface area contributed by atoms with Crippen LogP contribution in [0.15, 0.2) is 93.3 Å². The molecular weight excluding hydrogens is 482 g/mol. The number of rotatable bonds is 8. The number of sulfonamides is 1. The number of nitrogens with one attached hydrogen (secondary N) is 1. The number of halogens is 1. The molecule has 0 unspecified atom stereocenters. The Bertz CT molecular complexity index is 1180. The average Bonchev–Trinajstić information content (AvgIpc) is 2.78. The molecule has 0 atom stereocenters. The number of hydrogen-bond donors (Lipinski definition) is 1. The highest BCUT2D eigenvalue weighted by molar-refractivity contribution is 9.10. The summed E-state index contributed by atoms with van der Waals surface area (Å²) < 4.78 is 33.8. The summed E-state index contributed by atoms with van der Waals surface area (Å²) in [6.07, 6.45) is 1.47. The molecule has 7 nitrogen and oxygen atoms in total. The third-order valence-electron chi connectivity index (χ3n) is 4.22. The van der Waals surface area contributed by atoms with Crippen molar-refractivity contribution >= 4 is 43.8 Å². The molecule has 3 rings (SSSR count). The van der Waals surface area contributed by atoms with Gasteiger partial charge in [-0.1, -0.05) is 58.4 Å². The van der Waals surface area contributed by atoms with Crippen molar-refractivity contribution in [2.75, 3.05) is 18.0 Å². The van der Waals surface area contributed by atoms with Gasteiger partial charge in [0.05, 0.1) is 23.9 Å². The molecule has 0 saturated carbocycles. The van der Waals surface area contributed by atoms with Crippen molar-refractivity contribution in [3.8, 4) is 5.75 Å². The van der Waals surface area contributed by atoms with Crippen molar-refractivity contribution in [2.45, 2.75) is 4.90 Å². The molecule has 0 saturated heterocycles. The lowest BCUT2D eigenvalue weighted by atomic mass is 10.2. The highest BCUT2D eigenvalue weighted by Gasteiger charge is 2.29. The summed E-state index contributed by atoms with van der Waals surface area (Å²) in [4.78, 5) is 12.6. The molecule has 1 N–H and O–H groups in total. The normalized spacial score (nSPS) is 11.3. The van der Waals surface area contributed by atoms with E-state index in [4.69, 9.17) is 4.74 Å². The zero-order valence-electron chi connectivity index (χ0n) is 16.6. The SMILES string of the molecule is COc1ccccc1N(CC(=O)N/N=C\c1cccc(Br)c1)S(=O)(=O)c1ccccc1. The number of carbonyl (C=O) groups excluding carboxylic acids is 1. The first-order valence-electron chi connectivity index (χ1n) is 9.20. The fourth-order valence-electron chi connectivity index (χ4n) is 2.79. The maximum Gasteiger partial charge on any atom is 0.264 e. The van der Waals surface area contributed by atoms with E-state index >= 15 is 0 Å². The minimum Gasteiger partial charge on any atom is -0.495 e. The van der Waals surface area contributed by atoms with Gasteiger partial charge in [-0.3, -0.25) is 9.10 Å². The third-order valence-corrected chi connectivity index (χ3v) is 6.49. The molecule has 0 aromatic heterocycles. The second kappa shape index (κ2) is 10.2. The van der Waals surface area contributed by atoms with Crippen molar-refractivity contribution in [3.63, 3.8) is 0 Å². The minimum atomic E-state index is -4.03. The Morgan fingerprint density at radius 2 is 1.77 bits per heavy atom. The predicted octanol–water partition coefficient (Wildman–Crippen LogP) is 3.80. The Labute approximate surface area is 189 Å². The monoisotopic (exact) mass is 501 g/mol. The van der Waals surface area contributed by atoms with Gasteiger partial charge in [-0.15, -0.1) is 0 Å². The lowest BCUT2D eigenvalue weighted by Crippen LogP contribution is -2.39. The van der Waals surface area contributed by atoms with Crippen LogP contribution in [0.5, 0.6) is 5.75 Å². The number of hydrazone groups is 1. The van der Waals surface area contributed by atoms with E-state index in [0.29, 0.717) is 5.75 Å². The number of anilines is 1. The first-order chi connectivity index (χ1) is 14.9. The molecular formula is C22H20BrN3O4S. The Morgan fingerprint density at radius 1 is 1.06 bits per heavy atom.